The lowest BCUT2D eigenvalue weighted by Crippen LogP contribution is -1.97. The number of ether oxygens (including phenoxy) is 1. The third-order valence-corrected chi connectivity index (χ3v) is 2.24. The summed E-state index contributed by atoms with van der Waals surface area (Å²) in [5, 5.41) is 0. The molecule has 0 fully saturated rings. The fourth-order valence-electron chi connectivity index (χ4n) is 0.844. The third kappa shape index (κ3) is 1.70. The van der Waals surface area contributed by atoms with E-state index in [1.54, 1.807) is 0 Å². The number of hydrogen-bond acceptors (Lipinski definition) is 2. The lowest BCUT2D eigenvalue weighted by Gasteiger charge is -2.05. The zero-order valence-corrected chi connectivity index (χ0v) is 8.19. The van der Waals surface area contributed by atoms with Gasteiger partial charge in [0.15, 0.2) is 12.1 Å². The van der Waals surface area contributed by atoms with Crippen LogP contribution in [0.1, 0.15) is 10.4 Å². The second-order valence-corrected chi connectivity index (χ2v) is 3.01. The Kier molecular flexibility index (Phi) is 2.98. The highest BCUT2D eigenvalue weighted by atomic mass is 79.9. The van der Waals surface area contributed by atoms with Gasteiger partial charge in [-0.3, -0.25) is 4.79 Å². The molecule has 0 atom stereocenters. The molecule has 0 N–H and O–H groups in total. The first-order chi connectivity index (χ1) is 6.11. The number of methoxy groups -OCH3 is 1. The van der Waals surface area contributed by atoms with Gasteiger partial charge in [0.1, 0.15) is 11.6 Å². The molecule has 13 heavy (non-hydrogen) atoms. The molecular formula is C8H5BrF2O2. The summed E-state index contributed by atoms with van der Waals surface area (Å²) in [6.45, 7) is 0. The number of benzene rings is 1. The fraction of sp³-hybridized carbons (Fsp3) is 0.125. The molecule has 70 valence electrons. The monoisotopic (exact) mass is 250 g/mol. The number of rotatable bonds is 2. The van der Waals surface area contributed by atoms with Crippen molar-refractivity contribution in [1.82, 2.24) is 0 Å². The van der Waals surface area contributed by atoms with E-state index in [2.05, 4.69) is 20.7 Å². The smallest absolute Gasteiger partial charge is 0.156 e. The van der Waals surface area contributed by atoms with Gasteiger partial charge < -0.3 is 4.74 Å². The summed E-state index contributed by atoms with van der Waals surface area (Å²) in [4.78, 5) is 10.3. The van der Waals surface area contributed by atoms with Crippen LogP contribution < -0.4 is 4.74 Å². The van der Waals surface area contributed by atoms with Crippen molar-refractivity contribution in [3.05, 3.63) is 27.7 Å². The first-order valence-corrected chi connectivity index (χ1v) is 4.07. The molecule has 0 aliphatic rings. The van der Waals surface area contributed by atoms with Crippen LogP contribution in [-0.4, -0.2) is 13.4 Å². The van der Waals surface area contributed by atoms with Gasteiger partial charge >= 0.3 is 0 Å². The van der Waals surface area contributed by atoms with Gasteiger partial charge in [-0.1, -0.05) is 0 Å². The molecule has 0 saturated carbocycles. The molecular weight excluding hydrogens is 246 g/mol. The van der Waals surface area contributed by atoms with E-state index >= 15 is 0 Å². The maximum absolute atomic E-state index is 13.1. The number of aldehydes is 1. The van der Waals surface area contributed by atoms with Gasteiger partial charge in [0.05, 0.1) is 17.1 Å². The number of carbonyl (C=O) groups is 1. The lowest BCUT2D eigenvalue weighted by atomic mass is 10.2. The zero-order valence-electron chi connectivity index (χ0n) is 6.61. The lowest BCUT2D eigenvalue weighted by molar-refractivity contribution is 0.111. The minimum Gasteiger partial charge on any atom is -0.495 e. The Morgan fingerprint density at radius 3 is 2.62 bits per heavy atom. The van der Waals surface area contributed by atoms with Crippen LogP contribution in [0, 0.1) is 11.6 Å². The van der Waals surface area contributed by atoms with Gasteiger partial charge in [0.25, 0.3) is 0 Å². The molecule has 0 aromatic heterocycles. The van der Waals surface area contributed by atoms with E-state index in [0.717, 1.165) is 6.07 Å². The minimum absolute atomic E-state index is 0.0144. The van der Waals surface area contributed by atoms with Crippen molar-refractivity contribution in [3.8, 4) is 5.75 Å². The average molecular weight is 251 g/mol. The van der Waals surface area contributed by atoms with Crippen LogP contribution in [0.25, 0.3) is 0 Å². The van der Waals surface area contributed by atoms with E-state index in [4.69, 9.17) is 0 Å². The largest absolute Gasteiger partial charge is 0.495 e. The van der Waals surface area contributed by atoms with Crippen LogP contribution in [0.2, 0.25) is 0 Å². The molecule has 0 heterocycles. The maximum Gasteiger partial charge on any atom is 0.156 e. The number of hydrogen-bond donors (Lipinski definition) is 0. The summed E-state index contributed by atoms with van der Waals surface area (Å²) in [5.74, 6) is -1.87. The van der Waals surface area contributed by atoms with Crippen molar-refractivity contribution >= 4 is 22.2 Å². The molecule has 0 bridgehead atoms. The van der Waals surface area contributed by atoms with Crippen molar-refractivity contribution in [2.24, 2.45) is 0 Å². The SMILES string of the molecule is COc1cc(F)c(C=O)c(F)c1Br. The third-order valence-electron chi connectivity index (χ3n) is 1.50. The minimum atomic E-state index is -0.952. The summed E-state index contributed by atoms with van der Waals surface area (Å²) in [6, 6.07) is 0.941. The molecule has 0 unspecified atom stereocenters. The number of halogens is 3. The highest BCUT2D eigenvalue weighted by molar-refractivity contribution is 9.10. The molecule has 0 radical (unpaired) electrons. The van der Waals surface area contributed by atoms with Crippen molar-refractivity contribution in [2.45, 2.75) is 0 Å². The quantitative estimate of drug-likeness (QED) is 0.596. The van der Waals surface area contributed by atoms with E-state index in [1.165, 1.54) is 7.11 Å². The van der Waals surface area contributed by atoms with E-state index in [-0.39, 0.29) is 16.5 Å². The molecule has 0 saturated heterocycles. The first kappa shape index (κ1) is 10.1. The van der Waals surface area contributed by atoms with Crippen molar-refractivity contribution in [2.75, 3.05) is 7.11 Å². The molecule has 0 aliphatic carbocycles. The normalized spacial score (nSPS) is 9.85. The van der Waals surface area contributed by atoms with Gasteiger partial charge in [-0.05, 0) is 15.9 Å². The summed E-state index contributed by atoms with van der Waals surface area (Å²) in [6.07, 6.45) is 0.120. The summed E-state index contributed by atoms with van der Waals surface area (Å²) in [7, 11) is 1.28. The van der Waals surface area contributed by atoms with E-state index < -0.39 is 17.2 Å². The van der Waals surface area contributed by atoms with Gasteiger partial charge in [-0.2, -0.15) is 0 Å². The molecule has 1 rings (SSSR count). The summed E-state index contributed by atoms with van der Waals surface area (Å²) >= 11 is 2.84. The van der Waals surface area contributed by atoms with E-state index in [0.29, 0.717) is 0 Å². The molecule has 0 aliphatic heterocycles. The van der Waals surface area contributed by atoms with E-state index in [1.807, 2.05) is 0 Å². The summed E-state index contributed by atoms with van der Waals surface area (Å²) in [5.41, 5.74) is -0.604. The highest BCUT2D eigenvalue weighted by Crippen LogP contribution is 2.30. The van der Waals surface area contributed by atoms with Crippen LogP contribution in [0.3, 0.4) is 0 Å². The Morgan fingerprint density at radius 1 is 1.54 bits per heavy atom. The molecule has 0 amide bonds. The van der Waals surface area contributed by atoms with Crippen LogP contribution in [0.5, 0.6) is 5.75 Å². The Hall–Kier alpha value is -0.970. The standard InChI is InChI=1S/C8H5BrF2O2/c1-13-6-2-5(10)4(3-12)8(11)7(6)9/h2-3H,1H3. The van der Waals surface area contributed by atoms with Crippen molar-refractivity contribution in [3.63, 3.8) is 0 Å². The fourth-order valence-corrected chi connectivity index (χ4v) is 1.33. The molecule has 1 aromatic rings. The topological polar surface area (TPSA) is 26.3 Å². The second-order valence-electron chi connectivity index (χ2n) is 2.22. The van der Waals surface area contributed by atoms with Gasteiger partial charge in [0, 0.05) is 6.07 Å². The van der Waals surface area contributed by atoms with Crippen molar-refractivity contribution < 1.29 is 18.3 Å². The molecule has 0 spiro atoms. The average Bonchev–Trinajstić information content (AvgIpc) is 2.12. The van der Waals surface area contributed by atoms with E-state index in [9.17, 15) is 13.6 Å². The molecule has 5 heteroatoms. The Bertz CT molecular complexity index is 352. The highest BCUT2D eigenvalue weighted by Gasteiger charge is 2.16. The Morgan fingerprint density at radius 2 is 2.15 bits per heavy atom. The second kappa shape index (κ2) is 3.83. The maximum atomic E-state index is 13.1. The predicted octanol–water partition coefficient (Wildman–Crippen LogP) is 2.55. The first-order valence-electron chi connectivity index (χ1n) is 3.28. The molecule has 1 aromatic carbocycles. The number of carbonyl (C=O) groups excluding carboxylic acids is 1. The van der Waals surface area contributed by atoms with Crippen LogP contribution in [-0.2, 0) is 0 Å². The van der Waals surface area contributed by atoms with Gasteiger partial charge in [-0.25, -0.2) is 8.78 Å². The zero-order chi connectivity index (χ0) is 10.0. The van der Waals surface area contributed by atoms with Crippen LogP contribution >= 0.6 is 15.9 Å². The van der Waals surface area contributed by atoms with Gasteiger partial charge in [0.2, 0.25) is 0 Å². The van der Waals surface area contributed by atoms with Crippen molar-refractivity contribution in [1.29, 1.82) is 0 Å². The van der Waals surface area contributed by atoms with Crippen LogP contribution in [0.4, 0.5) is 8.78 Å². The van der Waals surface area contributed by atoms with Crippen LogP contribution in [0.15, 0.2) is 10.5 Å². The molecule has 2 nitrogen and oxygen atoms in total. The Balaban J connectivity index is 3.45. The predicted molar refractivity (Wildman–Crippen MR) is 46.0 cm³/mol. The van der Waals surface area contributed by atoms with Gasteiger partial charge in [-0.15, -0.1) is 0 Å². The summed E-state index contributed by atoms with van der Waals surface area (Å²) < 4.78 is 30.6. The Labute approximate surface area is 81.6 Å².